The van der Waals surface area contributed by atoms with Gasteiger partial charge in [0.1, 0.15) is 5.82 Å². The van der Waals surface area contributed by atoms with E-state index in [0.29, 0.717) is 50.8 Å². The molecule has 0 aliphatic carbocycles. The van der Waals surface area contributed by atoms with Crippen molar-refractivity contribution in [3.63, 3.8) is 0 Å². The predicted octanol–water partition coefficient (Wildman–Crippen LogP) is 2.08. The Hall–Kier alpha value is -2.74. The van der Waals surface area contributed by atoms with Gasteiger partial charge in [0.25, 0.3) is 11.8 Å². The van der Waals surface area contributed by atoms with Crippen LogP contribution >= 0.6 is 0 Å². The van der Waals surface area contributed by atoms with Crippen LogP contribution in [0.25, 0.3) is 0 Å². The first-order chi connectivity index (χ1) is 13.1. The quantitative estimate of drug-likeness (QED) is 0.895. The average Bonchev–Trinajstić information content (AvgIpc) is 3.08. The summed E-state index contributed by atoms with van der Waals surface area (Å²) in [4.78, 5) is 31.8. The highest BCUT2D eigenvalue weighted by molar-refractivity contribution is 6.05. The third-order valence-corrected chi connectivity index (χ3v) is 4.90. The van der Waals surface area contributed by atoms with Gasteiger partial charge in [0.2, 0.25) is 0 Å². The molecule has 0 radical (unpaired) electrons. The molecule has 27 heavy (non-hydrogen) atoms. The van der Waals surface area contributed by atoms with Gasteiger partial charge >= 0.3 is 0 Å². The molecule has 4 rings (SSSR count). The minimum absolute atomic E-state index is 0.175. The minimum atomic E-state index is -0.428. The summed E-state index contributed by atoms with van der Waals surface area (Å²) >= 11 is 0. The number of fused-ring (bicyclic) bond motifs is 1. The van der Waals surface area contributed by atoms with Gasteiger partial charge in [-0.15, -0.1) is 0 Å². The fourth-order valence-corrected chi connectivity index (χ4v) is 3.55. The summed E-state index contributed by atoms with van der Waals surface area (Å²) in [5.74, 6) is -0.725. The van der Waals surface area contributed by atoms with Crippen molar-refractivity contribution in [3.8, 4) is 0 Å². The van der Waals surface area contributed by atoms with Crippen LogP contribution in [0.1, 0.15) is 39.6 Å². The van der Waals surface area contributed by atoms with E-state index < -0.39 is 11.7 Å². The highest BCUT2D eigenvalue weighted by Gasteiger charge is 2.30. The van der Waals surface area contributed by atoms with E-state index >= 15 is 0 Å². The van der Waals surface area contributed by atoms with E-state index in [1.54, 1.807) is 11.0 Å². The third-order valence-electron chi connectivity index (χ3n) is 4.90. The molecular weight excluding hydrogens is 351 g/mol. The lowest BCUT2D eigenvalue weighted by atomic mass is 10.1. The van der Waals surface area contributed by atoms with Gasteiger partial charge in [0.05, 0.1) is 18.9 Å². The number of carbonyl (C=O) groups excluding carboxylic acids is 2. The first kappa shape index (κ1) is 17.7. The zero-order valence-corrected chi connectivity index (χ0v) is 14.9. The molecule has 1 N–H and O–H groups in total. The first-order valence-corrected chi connectivity index (χ1v) is 9.17. The molecule has 2 aliphatic rings. The number of rotatable bonds is 3. The molecule has 1 fully saturated rings. The van der Waals surface area contributed by atoms with Crippen LogP contribution < -0.4 is 5.32 Å². The monoisotopic (exact) mass is 372 g/mol. The number of imidazole rings is 1. The number of morpholine rings is 1. The Balaban J connectivity index is 1.63. The Bertz CT molecular complexity index is 874. The summed E-state index contributed by atoms with van der Waals surface area (Å²) in [6.45, 7) is 2.72. The number of aromatic nitrogens is 2. The second-order valence-corrected chi connectivity index (χ2v) is 6.71. The zero-order chi connectivity index (χ0) is 18.8. The summed E-state index contributed by atoms with van der Waals surface area (Å²) in [7, 11) is 0. The van der Waals surface area contributed by atoms with E-state index in [1.165, 1.54) is 18.2 Å². The maximum Gasteiger partial charge on any atom is 0.290 e. The number of hydrogen-bond donors (Lipinski definition) is 1. The Morgan fingerprint density at radius 2 is 1.96 bits per heavy atom. The van der Waals surface area contributed by atoms with Crippen LogP contribution in [0.5, 0.6) is 0 Å². The van der Waals surface area contributed by atoms with E-state index in [-0.39, 0.29) is 11.6 Å². The molecular formula is C19H21FN4O3. The van der Waals surface area contributed by atoms with Gasteiger partial charge in [-0.1, -0.05) is 6.07 Å². The molecule has 142 valence electrons. The Morgan fingerprint density at radius 1 is 1.15 bits per heavy atom. The van der Waals surface area contributed by atoms with Crippen LogP contribution in [0.2, 0.25) is 0 Å². The van der Waals surface area contributed by atoms with Crippen molar-refractivity contribution < 1.29 is 18.7 Å². The SMILES string of the molecule is O=C(Nc1cccc(F)c1)c1nc(C(=O)N2CCOCC2)n2c1CCCC2. The molecule has 2 aliphatic heterocycles. The van der Waals surface area contributed by atoms with Gasteiger partial charge in [-0.05, 0) is 37.5 Å². The second kappa shape index (κ2) is 7.48. The third kappa shape index (κ3) is 3.57. The number of anilines is 1. The number of amides is 2. The smallest absolute Gasteiger partial charge is 0.290 e. The van der Waals surface area contributed by atoms with Gasteiger partial charge in [0.15, 0.2) is 11.5 Å². The normalized spacial score (nSPS) is 16.7. The lowest BCUT2D eigenvalue weighted by Crippen LogP contribution is -2.42. The number of benzene rings is 1. The van der Waals surface area contributed by atoms with Crippen LogP contribution in [-0.4, -0.2) is 52.6 Å². The lowest BCUT2D eigenvalue weighted by Gasteiger charge is -2.27. The molecule has 3 heterocycles. The van der Waals surface area contributed by atoms with E-state index in [1.807, 2.05) is 4.57 Å². The number of hydrogen-bond acceptors (Lipinski definition) is 4. The molecule has 1 aromatic heterocycles. The molecule has 0 bridgehead atoms. The molecule has 0 atom stereocenters. The number of nitrogens with zero attached hydrogens (tertiary/aromatic N) is 3. The number of halogens is 1. The molecule has 0 spiro atoms. The Morgan fingerprint density at radius 3 is 2.74 bits per heavy atom. The van der Waals surface area contributed by atoms with Gasteiger partial charge in [0, 0.05) is 25.3 Å². The van der Waals surface area contributed by atoms with Gasteiger partial charge in [-0.25, -0.2) is 9.37 Å². The topological polar surface area (TPSA) is 76.5 Å². The van der Waals surface area contributed by atoms with Crippen molar-refractivity contribution >= 4 is 17.5 Å². The molecule has 0 saturated carbocycles. The van der Waals surface area contributed by atoms with Crippen LogP contribution in [0, 0.1) is 5.82 Å². The fraction of sp³-hybridized carbons (Fsp3) is 0.421. The standard InChI is InChI=1S/C19H21FN4O3/c20-13-4-3-5-14(12-13)21-18(25)16-15-6-1-2-7-24(15)17(22-16)19(26)23-8-10-27-11-9-23/h3-5,12H,1-2,6-11H2,(H,21,25). The lowest BCUT2D eigenvalue weighted by molar-refractivity contribution is 0.0291. The average molecular weight is 372 g/mol. The van der Waals surface area contributed by atoms with Crippen molar-refractivity contribution in [1.29, 1.82) is 0 Å². The maximum atomic E-state index is 13.4. The number of carbonyl (C=O) groups is 2. The molecule has 2 aromatic rings. The molecule has 8 heteroatoms. The largest absolute Gasteiger partial charge is 0.378 e. The van der Waals surface area contributed by atoms with Crippen LogP contribution in [-0.2, 0) is 17.7 Å². The summed E-state index contributed by atoms with van der Waals surface area (Å²) < 4.78 is 20.5. The van der Waals surface area contributed by atoms with Crippen molar-refractivity contribution in [2.45, 2.75) is 25.8 Å². The van der Waals surface area contributed by atoms with Gasteiger partial charge in [-0.3, -0.25) is 9.59 Å². The summed E-state index contributed by atoms with van der Waals surface area (Å²) in [6, 6.07) is 5.71. The summed E-state index contributed by atoms with van der Waals surface area (Å²) in [5, 5.41) is 2.68. The molecule has 0 unspecified atom stereocenters. The molecule has 7 nitrogen and oxygen atoms in total. The highest BCUT2D eigenvalue weighted by atomic mass is 19.1. The van der Waals surface area contributed by atoms with E-state index in [4.69, 9.17) is 4.74 Å². The number of ether oxygens (including phenoxy) is 1. The van der Waals surface area contributed by atoms with Crippen molar-refractivity contribution in [2.75, 3.05) is 31.6 Å². The Labute approximate surface area is 156 Å². The van der Waals surface area contributed by atoms with Crippen molar-refractivity contribution in [3.05, 3.63) is 47.3 Å². The molecule has 1 aromatic carbocycles. The van der Waals surface area contributed by atoms with Gasteiger partial charge in [-0.2, -0.15) is 0 Å². The first-order valence-electron chi connectivity index (χ1n) is 9.17. The summed E-state index contributed by atoms with van der Waals surface area (Å²) in [6.07, 6.45) is 2.57. The second-order valence-electron chi connectivity index (χ2n) is 6.71. The van der Waals surface area contributed by atoms with Crippen LogP contribution in [0.15, 0.2) is 24.3 Å². The Kier molecular flexibility index (Phi) is 4.89. The van der Waals surface area contributed by atoms with E-state index in [9.17, 15) is 14.0 Å². The molecule has 1 saturated heterocycles. The van der Waals surface area contributed by atoms with E-state index in [2.05, 4.69) is 10.3 Å². The highest BCUT2D eigenvalue weighted by Crippen LogP contribution is 2.23. The van der Waals surface area contributed by atoms with Gasteiger partial charge < -0.3 is 19.5 Å². The molecule has 2 amide bonds. The van der Waals surface area contributed by atoms with Crippen LogP contribution in [0.4, 0.5) is 10.1 Å². The zero-order valence-electron chi connectivity index (χ0n) is 14.9. The number of nitrogens with one attached hydrogen (secondary N) is 1. The minimum Gasteiger partial charge on any atom is -0.378 e. The summed E-state index contributed by atoms with van der Waals surface area (Å²) in [5.41, 5.74) is 1.38. The van der Waals surface area contributed by atoms with Crippen molar-refractivity contribution in [1.82, 2.24) is 14.5 Å². The fourth-order valence-electron chi connectivity index (χ4n) is 3.55. The van der Waals surface area contributed by atoms with Crippen LogP contribution in [0.3, 0.4) is 0 Å². The van der Waals surface area contributed by atoms with Crippen molar-refractivity contribution in [2.24, 2.45) is 0 Å². The van der Waals surface area contributed by atoms with E-state index in [0.717, 1.165) is 18.5 Å². The predicted molar refractivity (Wildman–Crippen MR) is 96.2 cm³/mol. The maximum absolute atomic E-state index is 13.4.